The Morgan fingerprint density at radius 1 is 1.13 bits per heavy atom. The first-order valence-electron chi connectivity index (χ1n) is 8.53. The summed E-state index contributed by atoms with van der Waals surface area (Å²) in [6, 6.07) is 12.5. The molecule has 2 N–H and O–H groups in total. The number of nitro groups is 1. The average Bonchev–Trinajstić information content (AvgIpc) is 3.36. The molecular weight excluding hydrogens is 483 g/mol. The maximum Gasteiger partial charge on any atom is 0.293 e. The number of hydrogen-bond acceptors (Lipinski definition) is 7. The van der Waals surface area contributed by atoms with E-state index in [0.29, 0.717) is 36.7 Å². The molecule has 2 aromatic heterocycles. The van der Waals surface area contributed by atoms with E-state index < -0.39 is 10.8 Å². The SMILES string of the molecule is O=C(NC(=S)Nc1nc2ccc([N+](=O)[O-])cc2s1)c1ccc(-c2ccc(Cl)c(Cl)c2)o1. The third kappa shape index (κ3) is 4.67. The summed E-state index contributed by atoms with van der Waals surface area (Å²) in [4.78, 5) is 27.1. The number of benzene rings is 2. The Hall–Kier alpha value is -3.05. The minimum atomic E-state index is -0.555. The average molecular weight is 493 g/mol. The second-order valence-electron chi connectivity index (χ2n) is 6.13. The van der Waals surface area contributed by atoms with E-state index >= 15 is 0 Å². The van der Waals surface area contributed by atoms with Gasteiger partial charge < -0.3 is 9.73 Å². The quantitative estimate of drug-likeness (QED) is 0.207. The minimum Gasteiger partial charge on any atom is -0.451 e. The fraction of sp³-hybridized carbons (Fsp3) is 0. The zero-order valence-corrected chi connectivity index (χ0v) is 18.4. The van der Waals surface area contributed by atoms with Crippen LogP contribution in [0.1, 0.15) is 10.6 Å². The van der Waals surface area contributed by atoms with Crippen LogP contribution < -0.4 is 10.6 Å². The predicted molar refractivity (Wildman–Crippen MR) is 124 cm³/mol. The lowest BCUT2D eigenvalue weighted by Crippen LogP contribution is -2.33. The van der Waals surface area contributed by atoms with E-state index in [1.165, 1.54) is 29.5 Å². The molecular formula is C19H10Cl2N4O4S2. The zero-order valence-electron chi connectivity index (χ0n) is 15.2. The number of nitrogens with one attached hydrogen (secondary N) is 2. The maximum absolute atomic E-state index is 12.4. The van der Waals surface area contributed by atoms with Crippen LogP contribution in [-0.4, -0.2) is 20.9 Å². The molecule has 0 atom stereocenters. The van der Waals surface area contributed by atoms with Gasteiger partial charge in [-0.1, -0.05) is 34.5 Å². The first kappa shape index (κ1) is 21.2. The van der Waals surface area contributed by atoms with Crippen molar-refractivity contribution in [2.45, 2.75) is 0 Å². The standard InChI is InChI=1S/C19H10Cl2N4O4S2/c20-11-3-1-9(7-12(11)21)14-5-6-15(29-14)17(26)23-18(30)24-19-22-13-4-2-10(25(27)28)8-16(13)31-19/h1-8H,(H2,22,23,24,26,30). The second-order valence-corrected chi connectivity index (χ2v) is 8.38. The fourth-order valence-electron chi connectivity index (χ4n) is 2.64. The summed E-state index contributed by atoms with van der Waals surface area (Å²) >= 11 is 18.3. The van der Waals surface area contributed by atoms with Gasteiger partial charge in [0.1, 0.15) is 5.76 Å². The van der Waals surface area contributed by atoms with Crippen molar-refractivity contribution in [3.63, 3.8) is 0 Å². The van der Waals surface area contributed by atoms with E-state index in [-0.39, 0.29) is 16.6 Å². The number of nitro benzene ring substituents is 1. The number of thiazole rings is 1. The Kier molecular flexibility index (Phi) is 5.88. The van der Waals surface area contributed by atoms with Crippen molar-refractivity contribution in [3.8, 4) is 11.3 Å². The zero-order chi connectivity index (χ0) is 22.1. The van der Waals surface area contributed by atoms with E-state index in [2.05, 4.69) is 15.6 Å². The molecule has 0 aliphatic rings. The Bertz CT molecular complexity index is 1350. The van der Waals surface area contributed by atoms with Gasteiger partial charge in [0.25, 0.3) is 11.6 Å². The molecule has 2 heterocycles. The number of nitrogens with zero attached hydrogens (tertiary/aromatic N) is 2. The molecule has 31 heavy (non-hydrogen) atoms. The minimum absolute atomic E-state index is 0.00560. The van der Waals surface area contributed by atoms with Crippen molar-refractivity contribution < 1.29 is 14.1 Å². The molecule has 8 nitrogen and oxygen atoms in total. The number of amides is 1. The maximum atomic E-state index is 12.4. The summed E-state index contributed by atoms with van der Waals surface area (Å²) in [7, 11) is 0. The van der Waals surface area contributed by atoms with Gasteiger partial charge in [-0.05, 0) is 48.6 Å². The molecule has 156 valence electrons. The van der Waals surface area contributed by atoms with Crippen molar-refractivity contribution in [2.75, 3.05) is 5.32 Å². The Morgan fingerprint density at radius 2 is 1.94 bits per heavy atom. The number of non-ortho nitro benzene ring substituents is 1. The highest BCUT2D eigenvalue weighted by molar-refractivity contribution is 7.80. The lowest BCUT2D eigenvalue weighted by Gasteiger charge is -2.05. The lowest BCUT2D eigenvalue weighted by molar-refractivity contribution is -0.384. The number of fused-ring (bicyclic) bond motifs is 1. The van der Waals surface area contributed by atoms with Crippen LogP contribution in [0.5, 0.6) is 0 Å². The fourth-order valence-corrected chi connectivity index (χ4v) is 4.09. The number of anilines is 1. The number of halogens is 2. The Labute approximate surface area is 193 Å². The highest BCUT2D eigenvalue weighted by Gasteiger charge is 2.16. The van der Waals surface area contributed by atoms with Crippen LogP contribution in [0, 0.1) is 10.1 Å². The first-order valence-corrected chi connectivity index (χ1v) is 10.5. The van der Waals surface area contributed by atoms with E-state index in [4.69, 9.17) is 39.8 Å². The molecule has 12 heteroatoms. The molecule has 0 saturated carbocycles. The first-order chi connectivity index (χ1) is 14.8. The summed E-state index contributed by atoms with van der Waals surface area (Å²) in [5.41, 5.74) is 1.21. The van der Waals surface area contributed by atoms with Crippen LogP contribution in [0.25, 0.3) is 21.5 Å². The van der Waals surface area contributed by atoms with Crippen LogP contribution >= 0.6 is 46.8 Å². The van der Waals surface area contributed by atoms with Crippen molar-refractivity contribution >= 4 is 78.8 Å². The smallest absolute Gasteiger partial charge is 0.293 e. The van der Waals surface area contributed by atoms with E-state index in [9.17, 15) is 14.9 Å². The van der Waals surface area contributed by atoms with E-state index in [1.807, 2.05) is 0 Å². The second kappa shape index (κ2) is 8.60. The number of carbonyl (C=O) groups is 1. The third-order valence-electron chi connectivity index (χ3n) is 4.06. The molecule has 4 rings (SSSR count). The number of rotatable bonds is 4. The van der Waals surface area contributed by atoms with Gasteiger partial charge in [0, 0.05) is 17.7 Å². The number of thiocarbonyl (C=S) groups is 1. The molecule has 0 unspecified atom stereocenters. The van der Waals surface area contributed by atoms with Gasteiger partial charge in [-0.3, -0.25) is 20.2 Å². The number of hydrogen-bond donors (Lipinski definition) is 2. The van der Waals surface area contributed by atoms with Crippen molar-refractivity contribution in [3.05, 3.63) is 74.5 Å². The molecule has 4 aromatic rings. The molecule has 0 aliphatic heterocycles. The topological polar surface area (TPSA) is 110 Å². The predicted octanol–water partition coefficient (Wildman–Crippen LogP) is 5.90. The van der Waals surface area contributed by atoms with Crippen LogP contribution in [0.15, 0.2) is 52.9 Å². The molecule has 0 fully saturated rings. The van der Waals surface area contributed by atoms with Gasteiger partial charge in [-0.2, -0.15) is 0 Å². The van der Waals surface area contributed by atoms with Gasteiger partial charge in [-0.15, -0.1) is 0 Å². The highest BCUT2D eigenvalue weighted by Crippen LogP contribution is 2.30. The van der Waals surface area contributed by atoms with Crippen molar-refractivity contribution in [1.82, 2.24) is 10.3 Å². The summed E-state index contributed by atoms with van der Waals surface area (Å²) < 4.78 is 6.20. The monoisotopic (exact) mass is 492 g/mol. The van der Waals surface area contributed by atoms with Gasteiger partial charge >= 0.3 is 0 Å². The van der Waals surface area contributed by atoms with Crippen molar-refractivity contribution in [1.29, 1.82) is 0 Å². The largest absolute Gasteiger partial charge is 0.451 e. The van der Waals surface area contributed by atoms with E-state index in [0.717, 1.165) is 0 Å². The summed E-state index contributed by atoms with van der Waals surface area (Å²) in [5.74, 6) is -0.0685. The van der Waals surface area contributed by atoms with E-state index in [1.54, 1.807) is 30.3 Å². The number of aromatic nitrogens is 1. The summed E-state index contributed by atoms with van der Waals surface area (Å²) in [6.07, 6.45) is 0. The van der Waals surface area contributed by atoms with Crippen LogP contribution in [0.4, 0.5) is 10.8 Å². The molecule has 0 spiro atoms. The summed E-state index contributed by atoms with van der Waals surface area (Å²) in [6.45, 7) is 0. The van der Waals surface area contributed by atoms with Gasteiger partial charge in [0.15, 0.2) is 16.0 Å². The van der Waals surface area contributed by atoms with Gasteiger partial charge in [-0.25, -0.2) is 4.98 Å². The Morgan fingerprint density at radius 3 is 2.68 bits per heavy atom. The highest BCUT2D eigenvalue weighted by atomic mass is 35.5. The molecule has 0 radical (unpaired) electrons. The number of furan rings is 1. The van der Waals surface area contributed by atoms with Crippen LogP contribution in [0.3, 0.4) is 0 Å². The normalized spacial score (nSPS) is 10.8. The number of carbonyl (C=O) groups excluding carboxylic acids is 1. The molecule has 0 aliphatic carbocycles. The Balaban J connectivity index is 1.43. The van der Waals surface area contributed by atoms with Crippen LogP contribution in [-0.2, 0) is 0 Å². The molecule has 2 aromatic carbocycles. The summed E-state index contributed by atoms with van der Waals surface area (Å²) in [5, 5.41) is 17.4. The molecule has 0 saturated heterocycles. The molecule has 0 bridgehead atoms. The lowest BCUT2D eigenvalue weighted by atomic mass is 10.2. The van der Waals surface area contributed by atoms with Gasteiger partial charge in [0.05, 0.1) is 25.2 Å². The third-order valence-corrected chi connectivity index (χ3v) is 5.94. The van der Waals surface area contributed by atoms with Crippen molar-refractivity contribution in [2.24, 2.45) is 0 Å². The van der Waals surface area contributed by atoms with Gasteiger partial charge in [0.2, 0.25) is 0 Å². The van der Waals surface area contributed by atoms with Crippen LogP contribution in [0.2, 0.25) is 10.0 Å². The molecule has 1 amide bonds.